The number of nitrogens with one attached hydrogen (secondary N) is 1. The van der Waals surface area contributed by atoms with Gasteiger partial charge in [-0.05, 0) is 35.7 Å². The van der Waals surface area contributed by atoms with Crippen molar-refractivity contribution in [2.45, 2.75) is 44.9 Å². The standard InChI is InChI=1S/C19H27NS/c1-4-15(3)21-14-18(20-5-2)13-17-11-8-10-16-9-6-7-12-19(16)17/h6-12,15,18,20H,4-5,13-14H2,1-3H3. The molecule has 0 spiro atoms. The van der Waals surface area contributed by atoms with Crippen molar-refractivity contribution in [3.05, 3.63) is 48.0 Å². The van der Waals surface area contributed by atoms with Crippen molar-refractivity contribution in [3.63, 3.8) is 0 Å². The van der Waals surface area contributed by atoms with E-state index < -0.39 is 0 Å². The second kappa shape index (κ2) is 8.45. The van der Waals surface area contributed by atoms with E-state index in [-0.39, 0.29) is 0 Å². The second-order valence-corrected chi connectivity index (χ2v) is 7.12. The molecular weight excluding hydrogens is 274 g/mol. The first-order chi connectivity index (χ1) is 10.2. The number of hydrogen-bond acceptors (Lipinski definition) is 2. The maximum Gasteiger partial charge on any atom is 0.0198 e. The smallest absolute Gasteiger partial charge is 0.0198 e. The summed E-state index contributed by atoms with van der Waals surface area (Å²) in [6, 6.07) is 15.9. The summed E-state index contributed by atoms with van der Waals surface area (Å²) in [5.41, 5.74) is 1.46. The molecule has 2 atom stereocenters. The van der Waals surface area contributed by atoms with Crippen molar-refractivity contribution in [1.82, 2.24) is 5.32 Å². The summed E-state index contributed by atoms with van der Waals surface area (Å²) in [6.07, 6.45) is 2.36. The lowest BCUT2D eigenvalue weighted by Gasteiger charge is -2.20. The van der Waals surface area contributed by atoms with E-state index >= 15 is 0 Å². The Kier molecular flexibility index (Phi) is 6.59. The Labute approximate surface area is 133 Å². The molecule has 1 nitrogen and oxygen atoms in total. The molecule has 0 heterocycles. The van der Waals surface area contributed by atoms with Crippen LogP contribution in [0, 0.1) is 0 Å². The van der Waals surface area contributed by atoms with Crippen LogP contribution in [0.25, 0.3) is 10.8 Å². The zero-order valence-corrected chi connectivity index (χ0v) is 14.2. The van der Waals surface area contributed by atoms with Crippen LogP contribution in [0.5, 0.6) is 0 Å². The Morgan fingerprint density at radius 1 is 1.05 bits per heavy atom. The summed E-state index contributed by atoms with van der Waals surface area (Å²) in [6.45, 7) is 7.83. The van der Waals surface area contributed by atoms with Crippen molar-refractivity contribution in [2.24, 2.45) is 0 Å². The molecule has 2 heteroatoms. The highest BCUT2D eigenvalue weighted by molar-refractivity contribution is 7.99. The van der Waals surface area contributed by atoms with Crippen molar-refractivity contribution in [1.29, 1.82) is 0 Å². The van der Waals surface area contributed by atoms with Crippen LogP contribution in [-0.4, -0.2) is 23.6 Å². The van der Waals surface area contributed by atoms with Gasteiger partial charge in [-0.15, -0.1) is 0 Å². The van der Waals surface area contributed by atoms with E-state index in [0.29, 0.717) is 6.04 Å². The van der Waals surface area contributed by atoms with Gasteiger partial charge in [-0.2, -0.15) is 11.8 Å². The van der Waals surface area contributed by atoms with Gasteiger partial charge in [0, 0.05) is 17.0 Å². The fraction of sp³-hybridized carbons (Fsp3) is 0.474. The number of thioether (sulfide) groups is 1. The number of rotatable bonds is 8. The maximum atomic E-state index is 3.65. The van der Waals surface area contributed by atoms with Crippen LogP contribution in [0.1, 0.15) is 32.8 Å². The Morgan fingerprint density at radius 2 is 1.81 bits per heavy atom. The van der Waals surface area contributed by atoms with Crippen molar-refractivity contribution >= 4 is 22.5 Å². The molecule has 2 unspecified atom stereocenters. The highest BCUT2D eigenvalue weighted by Gasteiger charge is 2.12. The number of fused-ring (bicyclic) bond motifs is 1. The largest absolute Gasteiger partial charge is 0.313 e. The van der Waals surface area contributed by atoms with E-state index in [1.165, 1.54) is 28.5 Å². The monoisotopic (exact) mass is 301 g/mol. The fourth-order valence-corrected chi connectivity index (χ4v) is 3.65. The zero-order chi connectivity index (χ0) is 15.1. The molecule has 0 radical (unpaired) electrons. The summed E-state index contributed by atoms with van der Waals surface area (Å²) in [7, 11) is 0. The molecule has 2 aromatic carbocycles. The summed E-state index contributed by atoms with van der Waals surface area (Å²) in [5, 5.41) is 7.15. The molecule has 0 bridgehead atoms. The van der Waals surface area contributed by atoms with Crippen LogP contribution in [0.2, 0.25) is 0 Å². The molecule has 1 N–H and O–H groups in total. The Hall–Kier alpha value is -0.990. The van der Waals surface area contributed by atoms with Gasteiger partial charge in [0.15, 0.2) is 0 Å². The Morgan fingerprint density at radius 3 is 2.57 bits per heavy atom. The molecule has 114 valence electrons. The molecule has 0 amide bonds. The van der Waals surface area contributed by atoms with E-state index in [1.807, 2.05) is 0 Å². The lowest BCUT2D eigenvalue weighted by Crippen LogP contribution is -2.33. The summed E-state index contributed by atoms with van der Waals surface area (Å²) in [5.74, 6) is 1.19. The third-order valence-corrected chi connectivity index (χ3v) is 5.49. The van der Waals surface area contributed by atoms with Crippen LogP contribution >= 0.6 is 11.8 Å². The van der Waals surface area contributed by atoms with Crippen LogP contribution in [0.3, 0.4) is 0 Å². The molecule has 0 aromatic heterocycles. The second-order valence-electron chi connectivity index (χ2n) is 5.65. The first-order valence-corrected chi connectivity index (χ1v) is 9.11. The predicted molar refractivity (Wildman–Crippen MR) is 97.3 cm³/mol. The average molecular weight is 301 g/mol. The quantitative estimate of drug-likeness (QED) is 0.745. The van der Waals surface area contributed by atoms with E-state index in [2.05, 4.69) is 80.3 Å². The molecule has 0 aliphatic rings. The molecule has 2 aromatic rings. The van der Waals surface area contributed by atoms with Crippen molar-refractivity contribution < 1.29 is 0 Å². The van der Waals surface area contributed by atoms with Crippen LogP contribution in [0.4, 0.5) is 0 Å². The summed E-state index contributed by atoms with van der Waals surface area (Å²) < 4.78 is 0. The lowest BCUT2D eigenvalue weighted by atomic mass is 9.99. The van der Waals surface area contributed by atoms with Gasteiger partial charge in [0.05, 0.1) is 0 Å². The molecule has 2 rings (SSSR count). The third kappa shape index (κ3) is 4.76. The zero-order valence-electron chi connectivity index (χ0n) is 13.4. The minimum absolute atomic E-state index is 0.555. The van der Waals surface area contributed by atoms with E-state index in [0.717, 1.165) is 18.2 Å². The molecule has 0 aliphatic heterocycles. The van der Waals surface area contributed by atoms with Gasteiger partial charge in [0.2, 0.25) is 0 Å². The van der Waals surface area contributed by atoms with Crippen LogP contribution < -0.4 is 5.32 Å². The highest BCUT2D eigenvalue weighted by atomic mass is 32.2. The minimum atomic E-state index is 0.555. The SMILES string of the molecule is CCNC(CSC(C)CC)Cc1cccc2ccccc12. The van der Waals surface area contributed by atoms with Gasteiger partial charge in [-0.1, -0.05) is 63.2 Å². The van der Waals surface area contributed by atoms with Gasteiger partial charge in [0.1, 0.15) is 0 Å². The average Bonchev–Trinajstić information content (AvgIpc) is 2.52. The normalized spacial score (nSPS) is 14.2. The van der Waals surface area contributed by atoms with E-state index in [9.17, 15) is 0 Å². The predicted octanol–water partition coefficient (Wildman–Crippen LogP) is 4.89. The first kappa shape index (κ1) is 16.4. The number of benzene rings is 2. The summed E-state index contributed by atoms with van der Waals surface area (Å²) >= 11 is 2.09. The number of likely N-dealkylation sites (N-methyl/N-ethyl adjacent to an activating group) is 1. The Balaban J connectivity index is 2.11. The van der Waals surface area contributed by atoms with Gasteiger partial charge in [0.25, 0.3) is 0 Å². The van der Waals surface area contributed by atoms with E-state index in [4.69, 9.17) is 0 Å². The van der Waals surface area contributed by atoms with Crippen molar-refractivity contribution in [2.75, 3.05) is 12.3 Å². The van der Waals surface area contributed by atoms with Gasteiger partial charge >= 0.3 is 0 Å². The van der Waals surface area contributed by atoms with Crippen LogP contribution in [0.15, 0.2) is 42.5 Å². The lowest BCUT2D eigenvalue weighted by molar-refractivity contribution is 0.573. The number of hydrogen-bond donors (Lipinski definition) is 1. The first-order valence-electron chi connectivity index (χ1n) is 8.06. The summed E-state index contributed by atoms with van der Waals surface area (Å²) in [4.78, 5) is 0. The van der Waals surface area contributed by atoms with Crippen LogP contribution in [-0.2, 0) is 6.42 Å². The molecule has 0 aliphatic carbocycles. The molecule has 0 saturated heterocycles. The van der Waals surface area contributed by atoms with Crippen molar-refractivity contribution in [3.8, 4) is 0 Å². The third-order valence-electron chi connectivity index (χ3n) is 4.00. The molecule has 0 fully saturated rings. The fourth-order valence-electron chi connectivity index (χ4n) is 2.61. The molecule has 0 saturated carbocycles. The minimum Gasteiger partial charge on any atom is -0.313 e. The molecule has 21 heavy (non-hydrogen) atoms. The van der Waals surface area contributed by atoms with E-state index in [1.54, 1.807) is 0 Å². The molecular formula is C19H27NS. The highest BCUT2D eigenvalue weighted by Crippen LogP contribution is 2.22. The van der Waals surface area contributed by atoms with Gasteiger partial charge in [-0.3, -0.25) is 0 Å². The van der Waals surface area contributed by atoms with Gasteiger partial charge in [-0.25, -0.2) is 0 Å². The van der Waals surface area contributed by atoms with Gasteiger partial charge < -0.3 is 5.32 Å². The topological polar surface area (TPSA) is 12.0 Å². The maximum absolute atomic E-state index is 3.65. The Bertz CT molecular complexity index is 547.